The van der Waals surface area contributed by atoms with Gasteiger partial charge in [0.25, 0.3) is 0 Å². The molecule has 1 fully saturated rings. The topological polar surface area (TPSA) is 79.6 Å². The molecule has 1 heterocycles. The third kappa shape index (κ3) is 3.43. The van der Waals surface area contributed by atoms with Gasteiger partial charge in [0.1, 0.15) is 12.1 Å². The zero-order valence-electron chi connectivity index (χ0n) is 16.7. The highest BCUT2D eigenvalue weighted by atomic mass is 16.5. The van der Waals surface area contributed by atoms with E-state index in [1.807, 2.05) is 31.2 Å². The van der Waals surface area contributed by atoms with Crippen LogP contribution in [0.25, 0.3) is 0 Å². The molecule has 1 saturated heterocycles. The molecule has 3 rings (SSSR count). The van der Waals surface area contributed by atoms with Gasteiger partial charge in [-0.1, -0.05) is 30.3 Å². The average Bonchev–Trinajstić information content (AvgIpc) is 2.71. The van der Waals surface area contributed by atoms with Gasteiger partial charge in [-0.05, 0) is 49.4 Å². The fourth-order valence-corrected chi connectivity index (χ4v) is 4.66. The van der Waals surface area contributed by atoms with Crippen molar-refractivity contribution in [1.82, 2.24) is 4.90 Å². The van der Waals surface area contributed by atoms with E-state index in [9.17, 15) is 14.9 Å². The molecule has 2 aliphatic rings. The number of carbonyl (C=O) groups excluding carboxylic acids is 2. The van der Waals surface area contributed by atoms with Crippen molar-refractivity contribution in [2.45, 2.75) is 37.8 Å². The lowest BCUT2D eigenvalue weighted by molar-refractivity contribution is -0.155. The van der Waals surface area contributed by atoms with Crippen LogP contribution < -0.4 is 0 Å². The Kier molecular flexibility index (Phi) is 5.85. The molecule has 1 aliphatic carbocycles. The van der Waals surface area contributed by atoms with Crippen molar-refractivity contribution in [3.63, 3.8) is 0 Å². The Morgan fingerprint density at radius 3 is 2.43 bits per heavy atom. The van der Waals surface area contributed by atoms with E-state index < -0.39 is 18.1 Å². The van der Waals surface area contributed by atoms with Crippen molar-refractivity contribution < 1.29 is 19.1 Å². The molecule has 0 spiro atoms. The number of hydrogen-bond acceptors (Lipinski definition) is 6. The summed E-state index contributed by atoms with van der Waals surface area (Å²) >= 11 is 0. The highest BCUT2D eigenvalue weighted by Crippen LogP contribution is 2.46. The molecule has 1 aliphatic heterocycles. The van der Waals surface area contributed by atoms with E-state index in [-0.39, 0.29) is 23.7 Å². The number of piperidine rings is 1. The van der Waals surface area contributed by atoms with Gasteiger partial charge in [0.2, 0.25) is 0 Å². The Morgan fingerprint density at radius 1 is 1.14 bits per heavy atom. The van der Waals surface area contributed by atoms with Crippen molar-refractivity contribution in [3.05, 3.63) is 47.0 Å². The van der Waals surface area contributed by atoms with E-state index >= 15 is 0 Å². The molecule has 0 amide bonds. The first-order valence-corrected chi connectivity index (χ1v) is 9.47. The molecule has 5 atom stereocenters. The first-order chi connectivity index (χ1) is 13.4. The number of nitriles is 1. The molecule has 1 aromatic carbocycles. The predicted molar refractivity (Wildman–Crippen MR) is 103 cm³/mol. The molecule has 28 heavy (non-hydrogen) atoms. The molecule has 0 N–H and O–H groups in total. The van der Waals surface area contributed by atoms with Crippen LogP contribution in [-0.2, 0) is 19.1 Å². The fourth-order valence-electron chi connectivity index (χ4n) is 4.66. The van der Waals surface area contributed by atoms with Gasteiger partial charge in [-0.15, -0.1) is 0 Å². The number of allylic oxidation sites excluding steroid dienone is 1. The Bertz CT molecular complexity index is 841. The number of methoxy groups -OCH3 is 2. The van der Waals surface area contributed by atoms with Gasteiger partial charge in [0.15, 0.2) is 0 Å². The molecular weight excluding hydrogens is 356 g/mol. The number of benzene rings is 1. The summed E-state index contributed by atoms with van der Waals surface area (Å²) in [5.74, 6) is -1.10. The molecule has 0 saturated carbocycles. The molecule has 1 aromatic rings. The molecule has 0 bridgehead atoms. The first-order valence-electron chi connectivity index (χ1n) is 9.47. The number of esters is 2. The normalized spacial score (nSPS) is 29.8. The Morgan fingerprint density at radius 2 is 1.82 bits per heavy atom. The van der Waals surface area contributed by atoms with Crippen LogP contribution in [-0.4, -0.2) is 50.2 Å². The van der Waals surface area contributed by atoms with Crippen molar-refractivity contribution >= 4 is 11.9 Å². The first kappa shape index (κ1) is 20.1. The van der Waals surface area contributed by atoms with Crippen molar-refractivity contribution in [1.29, 1.82) is 5.26 Å². The van der Waals surface area contributed by atoms with Crippen LogP contribution in [0.2, 0.25) is 0 Å². The minimum atomic E-state index is -0.654. The zero-order valence-corrected chi connectivity index (χ0v) is 16.7. The van der Waals surface area contributed by atoms with E-state index in [1.165, 1.54) is 14.2 Å². The summed E-state index contributed by atoms with van der Waals surface area (Å²) in [5, 5.41) is 9.83. The minimum Gasteiger partial charge on any atom is -0.468 e. The quantitative estimate of drug-likeness (QED) is 0.591. The maximum atomic E-state index is 12.6. The molecule has 148 valence electrons. The Balaban J connectivity index is 2.08. The summed E-state index contributed by atoms with van der Waals surface area (Å²) in [6, 6.07) is 9.28. The molecule has 0 aromatic heterocycles. The van der Waals surface area contributed by atoms with Gasteiger partial charge < -0.3 is 9.47 Å². The van der Waals surface area contributed by atoms with Gasteiger partial charge in [-0.2, -0.15) is 5.26 Å². The fraction of sp³-hybridized carbons (Fsp3) is 0.500. The highest BCUT2D eigenvalue weighted by molar-refractivity contribution is 5.83. The van der Waals surface area contributed by atoms with Crippen molar-refractivity contribution in [2.24, 2.45) is 11.8 Å². The SMILES string of the molecule is COC(=O)C1CC2CC(C#N)C(c3ccccc3C)C=C2C(C(=O)OC)N1C. The van der Waals surface area contributed by atoms with Crippen LogP contribution in [0.4, 0.5) is 0 Å². The lowest BCUT2D eigenvalue weighted by Crippen LogP contribution is -2.56. The second kappa shape index (κ2) is 8.15. The van der Waals surface area contributed by atoms with E-state index in [2.05, 4.69) is 12.1 Å². The third-order valence-electron chi connectivity index (χ3n) is 6.15. The van der Waals surface area contributed by atoms with E-state index in [0.717, 1.165) is 16.7 Å². The van der Waals surface area contributed by atoms with Crippen LogP contribution in [0.5, 0.6) is 0 Å². The number of carbonyl (C=O) groups is 2. The summed E-state index contributed by atoms with van der Waals surface area (Å²) in [4.78, 5) is 26.7. The molecule has 5 unspecified atom stereocenters. The van der Waals surface area contributed by atoms with E-state index in [0.29, 0.717) is 12.8 Å². The van der Waals surface area contributed by atoms with Gasteiger partial charge in [0, 0.05) is 5.92 Å². The number of ether oxygens (including phenoxy) is 2. The maximum absolute atomic E-state index is 12.6. The van der Waals surface area contributed by atoms with Crippen LogP contribution in [0, 0.1) is 30.1 Å². The second-order valence-electron chi connectivity index (χ2n) is 7.58. The molecule has 6 heteroatoms. The number of rotatable bonds is 3. The standard InChI is InChI=1S/C22H26N2O4/c1-13-7-5-6-8-16(13)17-11-18-14(9-15(17)12-23)10-19(21(25)27-3)24(2)20(18)22(26)28-4/h5-8,11,14-15,17,19-20H,9-10H2,1-4H3. The lowest BCUT2D eigenvalue weighted by Gasteiger charge is -2.46. The predicted octanol–water partition coefficient (Wildman–Crippen LogP) is 2.58. The minimum absolute atomic E-state index is 0.0330. The van der Waals surface area contributed by atoms with Gasteiger partial charge in [0.05, 0.1) is 26.2 Å². The Labute approximate surface area is 165 Å². The Hall–Kier alpha value is -2.65. The summed E-state index contributed by atoms with van der Waals surface area (Å²) in [5.41, 5.74) is 3.16. The summed E-state index contributed by atoms with van der Waals surface area (Å²) < 4.78 is 9.99. The second-order valence-corrected chi connectivity index (χ2v) is 7.58. The molecule has 0 radical (unpaired) electrons. The van der Waals surface area contributed by atoms with Gasteiger partial charge >= 0.3 is 11.9 Å². The van der Waals surface area contributed by atoms with Crippen molar-refractivity contribution in [2.75, 3.05) is 21.3 Å². The molecule has 6 nitrogen and oxygen atoms in total. The number of hydrogen-bond donors (Lipinski definition) is 0. The largest absolute Gasteiger partial charge is 0.468 e. The van der Waals surface area contributed by atoms with E-state index in [1.54, 1.807) is 11.9 Å². The number of likely N-dealkylation sites (tertiary alicyclic amines) is 1. The van der Waals surface area contributed by atoms with Crippen molar-refractivity contribution in [3.8, 4) is 6.07 Å². The number of fused-ring (bicyclic) bond motifs is 1. The number of aryl methyl sites for hydroxylation is 1. The average molecular weight is 382 g/mol. The number of likely N-dealkylation sites (N-methyl/N-ethyl adjacent to an activating group) is 1. The summed E-state index contributed by atoms with van der Waals surface area (Å²) in [6.07, 6.45) is 3.20. The summed E-state index contributed by atoms with van der Waals surface area (Å²) in [6.45, 7) is 2.03. The monoisotopic (exact) mass is 382 g/mol. The smallest absolute Gasteiger partial charge is 0.327 e. The van der Waals surface area contributed by atoms with Crippen LogP contribution in [0.3, 0.4) is 0 Å². The van der Waals surface area contributed by atoms with Crippen LogP contribution in [0.1, 0.15) is 29.9 Å². The van der Waals surface area contributed by atoms with Crippen LogP contribution >= 0.6 is 0 Å². The highest BCUT2D eigenvalue weighted by Gasteiger charge is 2.48. The number of nitrogens with zero attached hydrogens (tertiary/aromatic N) is 2. The maximum Gasteiger partial charge on any atom is 0.327 e. The zero-order chi connectivity index (χ0) is 20.4. The van der Waals surface area contributed by atoms with Gasteiger partial charge in [-0.25, -0.2) is 0 Å². The lowest BCUT2D eigenvalue weighted by atomic mass is 9.67. The third-order valence-corrected chi connectivity index (χ3v) is 6.15. The van der Waals surface area contributed by atoms with E-state index in [4.69, 9.17) is 9.47 Å². The van der Waals surface area contributed by atoms with Crippen LogP contribution in [0.15, 0.2) is 35.9 Å². The summed E-state index contributed by atoms with van der Waals surface area (Å²) in [7, 11) is 4.45. The molecular formula is C22H26N2O4. The van der Waals surface area contributed by atoms with Gasteiger partial charge in [-0.3, -0.25) is 14.5 Å².